The van der Waals surface area contributed by atoms with Crippen molar-refractivity contribution in [1.29, 1.82) is 5.26 Å². The van der Waals surface area contributed by atoms with Crippen molar-refractivity contribution in [3.05, 3.63) is 0 Å². The van der Waals surface area contributed by atoms with Crippen LogP contribution in [0, 0.1) is 28.6 Å². The lowest BCUT2D eigenvalue weighted by Crippen LogP contribution is -2.15. The molecule has 4 nitrogen and oxygen atoms in total. The molecule has 0 aromatic heterocycles. The Labute approximate surface area is 83.2 Å². The lowest BCUT2D eigenvalue weighted by molar-refractivity contribution is -0.111. The molecule has 1 N–H and O–H groups in total. The van der Waals surface area contributed by atoms with Crippen molar-refractivity contribution < 1.29 is 10.0 Å². The van der Waals surface area contributed by atoms with Gasteiger partial charge in [0.25, 0.3) is 0 Å². The topological polar surface area (TPSA) is 73.4 Å². The summed E-state index contributed by atoms with van der Waals surface area (Å²) < 4.78 is 0. The van der Waals surface area contributed by atoms with Crippen molar-refractivity contribution >= 4 is 11.5 Å². The van der Waals surface area contributed by atoms with Gasteiger partial charge in [0, 0.05) is 19.3 Å². The average molecular weight is 194 g/mol. The molecule has 1 aliphatic rings. The maximum absolute atomic E-state index is 11.1. The number of nitriles is 1. The summed E-state index contributed by atoms with van der Waals surface area (Å²) in [6.45, 7) is 5.34. The van der Waals surface area contributed by atoms with Gasteiger partial charge in [0.1, 0.15) is 5.71 Å². The number of carbonyl (C=O) groups is 1. The Balaban J connectivity index is 2.83. The molecule has 0 amide bonds. The van der Waals surface area contributed by atoms with Gasteiger partial charge < -0.3 is 5.21 Å². The third kappa shape index (κ3) is 1.50. The zero-order valence-corrected chi connectivity index (χ0v) is 8.61. The van der Waals surface area contributed by atoms with Crippen LogP contribution in [0.4, 0.5) is 0 Å². The van der Waals surface area contributed by atoms with Gasteiger partial charge in [-0.2, -0.15) is 5.26 Å². The normalized spacial score (nSPS) is 29.4. The first-order valence-electron chi connectivity index (χ1n) is 4.56. The van der Waals surface area contributed by atoms with E-state index in [1.54, 1.807) is 0 Å². The zero-order valence-electron chi connectivity index (χ0n) is 8.61. The molecule has 4 heteroatoms. The molecule has 1 rings (SSSR count). The van der Waals surface area contributed by atoms with Crippen LogP contribution in [0.3, 0.4) is 0 Å². The maximum atomic E-state index is 11.1. The Hall–Kier alpha value is -1.37. The lowest BCUT2D eigenvalue weighted by atomic mass is 10.0. The Bertz CT molecular complexity index is 326. The van der Waals surface area contributed by atoms with Crippen molar-refractivity contribution in [2.45, 2.75) is 27.2 Å². The van der Waals surface area contributed by atoms with Crippen molar-refractivity contribution in [3.63, 3.8) is 0 Å². The van der Waals surface area contributed by atoms with Crippen LogP contribution in [-0.4, -0.2) is 16.7 Å². The first-order chi connectivity index (χ1) is 6.46. The van der Waals surface area contributed by atoms with Crippen LogP contribution in [0.1, 0.15) is 27.2 Å². The molecule has 0 aliphatic heterocycles. The minimum atomic E-state index is -0.217. The van der Waals surface area contributed by atoms with Gasteiger partial charge in [-0.3, -0.25) is 4.79 Å². The van der Waals surface area contributed by atoms with Gasteiger partial charge in [0.2, 0.25) is 0 Å². The molecule has 0 saturated heterocycles. The number of nitrogens with zero attached hydrogens (tertiary/aromatic N) is 2. The second-order valence-corrected chi connectivity index (χ2v) is 4.31. The van der Waals surface area contributed by atoms with Gasteiger partial charge in [-0.05, 0) is 11.3 Å². The fraction of sp³-hybridized carbons (Fsp3) is 0.700. The molecule has 0 radical (unpaired) electrons. The SMILES string of the molecule is CC(=O)/C(=N/O)[C@@H]1[C@@H](CC#N)C1(C)C. The molecule has 1 aliphatic carbocycles. The van der Waals surface area contributed by atoms with Crippen LogP contribution < -0.4 is 0 Å². The maximum Gasteiger partial charge on any atom is 0.177 e. The van der Waals surface area contributed by atoms with Gasteiger partial charge in [-0.15, -0.1) is 0 Å². The second kappa shape index (κ2) is 3.41. The molecule has 1 fully saturated rings. The summed E-state index contributed by atoms with van der Waals surface area (Å²) >= 11 is 0. The molecular formula is C10H14N2O2. The third-order valence-electron chi connectivity index (χ3n) is 3.12. The molecule has 0 heterocycles. The van der Waals surface area contributed by atoms with E-state index in [4.69, 9.17) is 10.5 Å². The van der Waals surface area contributed by atoms with E-state index in [9.17, 15) is 4.79 Å². The second-order valence-electron chi connectivity index (χ2n) is 4.31. The van der Waals surface area contributed by atoms with Crippen LogP contribution >= 0.6 is 0 Å². The Morgan fingerprint density at radius 1 is 1.64 bits per heavy atom. The number of Topliss-reactive ketones (excluding diaryl/α,β-unsaturated/α-hetero) is 1. The van der Waals surface area contributed by atoms with Crippen LogP contribution in [0.5, 0.6) is 0 Å². The van der Waals surface area contributed by atoms with E-state index in [2.05, 4.69) is 11.2 Å². The van der Waals surface area contributed by atoms with Gasteiger partial charge in [-0.1, -0.05) is 19.0 Å². The van der Waals surface area contributed by atoms with Gasteiger partial charge >= 0.3 is 0 Å². The molecule has 0 spiro atoms. The third-order valence-corrected chi connectivity index (χ3v) is 3.12. The predicted octanol–water partition coefficient (Wildman–Crippen LogP) is 1.59. The van der Waals surface area contributed by atoms with E-state index in [0.29, 0.717) is 6.42 Å². The zero-order chi connectivity index (χ0) is 10.9. The van der Waals surface area contributed by atoms with Gasteiger partial charge in [0.05, 0.1) is 6.07 Å². The molecule has 0 bridgehead atoms. The smallest absolute Gasteiger partial charge is 0.177 e. The number of hydrogen-bond donors (Lipinski definition) is 1. The fourth-order valence-electron chi connectivity index (χ4n) is 2.12. The summed E-state index contributed by atoms with van der Waals surface area (Å²) in [5.41, 5.74) is 0.110. The molecular weight excluding hydrogens is 180 g/mol. The van der Waals surface area contributed by atoms with E-state index in [0.717, 1.165) is 0 Å². The van der Waals surface area contributed by atoms with Crippen LogP contribution in [-0.2, 0) is 4.79 Å². The highest BCUT2D eigenvalue weighted by Crippen LogP contribution is 2.60. The summed E-state index contributed by atoms with van der Waals surface area (Å²) in [6.07, 6.45) is 0.407. The number of rotatable bonds is 3. The van der Waals surface area contributed by atoms with Crippen molar-refractivity contribution in [3.8, 4) is 6.07 Å². The average Bonchev–Trinajstić information content (AvgIpc) is 2.58. The minimum absolute atomic E-state index is 0.0651. The highest BCUT2D eigenvalue weighted by Gasteiger charge is 2.60. The molecule has 0 aromatic rings. The van der Waals surface area contributed by atoms with E-state index in [1.807, 2.05) is 13.8 Å². The van der Waals surface area contributed by atoms with E-state index < -0.39 is 0 Å². The van der Waals surface area contributed by atoms with Crippen LogP contribution in [0.15, 0.2) is 5.16 Å². The fourth-order valence-corrected chi connectivity index (χ4v) is 2.12. The Morgan fingerprint density at radius 2 is 2.21 bits per heavy atom. The predicted molar refractivity (Wildman–Crippen MR) is 50.9 cm³/mol. The Morgan fingerprint density at radius 3 is 2.57 bits per heavy atom. The summed E-state index contributed by atoms with van der Waals surface area (Å²) in [5, 5.41) is 20.3. The summed E-state index contributed by atoms with van der Waals surface area (Å²) in [4.78, 5) is 11.1. The van der Waals surface area contributed by atoms with Crippen LogP contribution in [0.25, 0.3) is 0 Å². The number of hydrogen-bond acceptors (Lipinski definition) is 4. The molecule has 0 aromatic carbocycles. The van der Waals surface area contributed by atoms with E-state index in [-0.39, 0.29) is 28.7 Å². The van der Waals surface area contributed by atoms with E-state index >= 15 is 0 Å². The molecule has 14 heavy (non-hydrogen) atoms. The highest BCUT2D eigenvalue weighted by atomic mass is 16.4. The number of carbonyl (C=O) groups excluding carboxylic acids is 1. The standard InChI is InChI=1S/C10H14N2O2/c1-6(13)9(12-14)8-7(4-5-11)10(8,2)3/h7-8,14H,4H2,1-3H3/b12-9-/t7-,8+/m1/s1. The first kappa shape index (κ1) is 10.7. The summed E-state index contributed by atoms with van der Waals surface area (Å²) in [5.74, 6) is -0.141. The summed E-state index contributed by atoms with van der Waals surface area (Å²) in [7, 11) is 0. The molecule has 0 unspecified atom stereocenters. The van der Waals surface area contributed by atoms with Gasteiger partial charge in [-0.25, -0.2) is 0 Å². The molecule has 76 valence electrons. The van der Waals surface area contributed by atoms with Crippen LogP contribution in [0.2, 0.25) is 0 Å². The highest BCUT2D eigenvalue weighted by molar-refractivity contribution is 6.40. The quantitative estimate of drug-likeness (QED) is 0.421. The van der Waals surface area contributed by atoms with Gasteiger partial charge in [0.15, 0.2) is 5.78 Å². The number of oxime groups is 1. The summed E-state index contributed by atoms with van der Waals surface area (Å²) in [6, 6.07) is 2.09. The Kier molecular flexibility index (Phi) is 2.61. The number of ketones is 1. The van der Waals surface area contributed by atoms with Crippen molar-refractivity contribution in [2.24, 2.45) is 22.4 Å². The molecule has 2 atom stereocenters. The lowest BCUT2D eigenvalue weighted by Gasteiger charge is -2.01. The molecule has 1 saturated carbocycles. The minimum Gasteiger partial charge on any atom is -0.411 e. The first-order valence-corrected chi connectivity index (χ1v) is 4.56. The largest absolute Gasteiger partial charge is 0.411 e. The van der Waals surface area contributed by atoms with Crippen molar-refractivity contribution in [2.75, 3.05) is 0 Å². The van der Waals surface area contributed by atoms with Crippen molar-refractivity contribution in [1.82, 2.24) is 0 Å². The monoisotopic (exact) mass is 194 g/mol. The van der Waals surface area contributed by atoms with E-state index in [1.165, 1.54) is 6.92 Å².